The van der Waals surface area contributed by atoms with Gasteiger partial charge in [0.1, 0.15) is 0 Å². The Morgan fingerprint density at radius 1 is 1.67 bits per heavy atom. The first-order valence-electron chi connectivity index (χ1n) is 4.88. The SMILES string of the molecule is C=CCSCCNCc1cc(C)c(Br)s1. The van der Waals surface area contributed by atoms with E-state index < -0.39 is 0 Å². The Labute approximate surface area is 108 Å². The van der Waals surface area contributed by atoms with E-state index in [4.69, 9.17) is 0 Å². The third-order valence-electron chi connectivity index (χ3n) is 1.87. The van der Waals surface area contributed by atoms with Crippen molar-refractivity contribution >= 4 is 39.0 Å². The van der Waals surface area contributed by atoms with E-state index in [1.807, 2.05) is 29.2 Å². The van der Waals surface area contributed by atoms with Gasteiger partial charge in [-0.2, -0.15) is 11.8 Å². The fraction of sp³-hybridized carbons (Fsp3) is 0.455. The van der Waals surface area contributed by atoms with Crippen LogP contribution in [-0.2, 0) is 6.54 Å². The lowest BCUT2D eigenvalue weighted by Crippen LogP contribution is -2.15. The molecule has 15 heavy (non-hydrogen) atoms. The molecule has 0 aliphatic heterocycles. The third-order valence-corrected chi connectivity index (χ3v) is 4.97. The average Bonchev–Trinajstić information content (AvgIpc) is 2.52. The smallest absolute Gasteiger partial charge is 0.0730 e. The van der Waals surface area contributed by atoms with Crippen LogP contribution in [0.25, 0.3) is 0 Å². The summed E-state index contributed by atoms with van der Waals surface area (Å²) in [5.41, 5.74) is 1.33. The van der Waals surface area contributed by atoms with Crippen LogP contribution in [0, 0.1) is 6.92 Å². The lowest BCUT2D eigenvalue weighted by Gasteiger charge is -2.01. The van der Waals surface area contributed by atoms with E-state index in [0.717, 1.165) is 24.6 Å². The van der Waals surface area contributed by atoms with Gasteiger partial charge in [0.25, 0.3) is 0 Å². The van der Waals surface area contributed by atoms with Crippen molar-refractivity contribution in [2.24, 2.45) is 0 Å². The Kier molecular flexibility index (Phi) is 6.64. The maximum Gasteiger partial charge on any atom is 0.0730 e. The van der Waals surface area contributed by atoms with Crippen molar-refractivity contribution < 1.29 is 0 Å². The first-order valence-corrected chi connectivity index (χ1v) is 7.64. The molecule has 0 aliphatic carbocycles. The minimum Gasteiger partial charge on any atom is -0.311 e. The summed E-state index contributed by atoms with van der Waals surface area (Å²) in [5.74, 6) is 2.20. The van der Waals surface area contributed by atoms with E-state index in [2.05, 4.69) is 40.8 Å². The second-order valence-electron chi connectivity index (χ2n) is 3.21. The van der Waals surface area contributed by atoms with E-state index in [0.29, 0.717) is 0 Å². The topological polar surface area (TPSA) is 12.0 Å². The zero-order valence-corrected chi connectivity index (χ0v) is 12.1. The Hall–Kier alpha value is 0.230. The second kappa shape index (κ2) is 7.49. The minimum atomic E-state index is 0.978. The van der Waals surface area contributed by atoms with Crippen LogP contribution in [0.15, 0.2) is 22.5 Å². The molecule has 0 fully saturated rings. The Morgan fingerprint density at radius 3 is 3.07 bits per heavy atom. The second-order valence-corrected chi connectivity index (χ2v) is 6.81. The van der Waals surface area contributed by atoms with Crippen molar-refractivity contribution in [1.82, 2.24) is 5.32 Å². The molecule has 1 N–H and O–H groups in total. The highest BCUT2D eigenvalue weighted by molar-refractivity contribution is 9.11. The molecule has 0 aliphatic rings. The molecule has 1 nitrogen and oxygen atoms in total. The fourth-order valence-electron chi connectivity index (χ4n) is 1.13. The van der Waals surface area contributed by atoms with E-state index in [1.54, 1.807) is 0 Å². The summed E-state index contributed by atoms with van der Waals surface area (Å²) in [6.07, 6.45) is 1.95. The Morgan fingerprint density at radius 2 is 2.47 bits per heavy atom. The monoisotopic (exact) mass is 305 g/mol. The number of hydrogen-bond acceptors (Lipinski definition) is 3. The largest absolute Gasteiger partial charge is 0.311 e. The number of nitrogens with one attached hydrogen (secondary N) is 1. The summed E-state index contributed by atoms with van der Waals surface area (Å²) < 4.78 is 1.25. The van der Waals surface area contributed by atoms with Crippen molar-refractivity contribution in [1.29, 1.82) is 0 Å². The van der Waals surface area contributed by atoms with E-state index in [-0.39, 0.29) is 0 Å². The maximum atomic E-state index is 3.69. The number of thiophene rings is 1. The van der Waals surface area contributed by atoms with Gasteiger partial charge in [-0.25, -0.2) is 0 Å². The minimum absolute atomic E-state index is 0.978. The molecule has 0 amide bonds. The van der Waals surface area contributed by atoms with Crippen LogP contribution in [0.3, 0.4) is 0 Å². The molecule has 0 radical (unpaired) electrons. The average molecular weight is 306 g/mol. The number of halogens is 1. The summed E-state index contributed by atoms with van der Waals surface area (Å²) in [4.78, 5) is 1.40. The molecule has 0 bridgehead atoms. The highest BCUT2D eigenvalue weighted by Crippen LogP contribution is 2.26. The molecule has 4 heteroatoms. The molecule has 0 aromatic carbocycles. The van der Waals surface area contributed by atoms with Crippen LogP contribution < -0.4 is 5.32 Å². The first-order chi connectivity index (χ1) is 7.24. The number of hydrogen-bond donors (Lipinski definition) is 1. The van der Waals surface area contributed by atoms with Crippen molar-refractivity contribution in [3.63, 3.8) is 0 Å². The lowest BCUT2D eigenvalue weighted by molar-refractivity contribution is 0.741. The van der Waals surface area contributed by atoms with Gasteiger partial charge in [-0.15, -0.1) is 17.9 Å². The summed E-state index contributed by atoms with van der Waals surface area (Å²) in [6, 6.07) is 2.23. The predicted molar refractivity (Wildman–Crippen MR) is 76.0 cm³/mol. The van der Waals surface area contributed by atoms with Gasteiger partial charge in [0.15, 0.2) is 0 Å². The predicted octanol–water partition coefficient (Wildman–Crippen LogP) is 3.83. The van der Waals surface area contributed by atoms with Gasteiger partial charge in [0.05, 0.1) is 3.79 Å². The third kappa shape index (κ3) is 5.20. The van der Waals surface area contributed by atoms with E-state index in [1.165, 1.54) is 14.2 Å². The molecular weight excluding hydrogens is 290 g/mol. The van der Waals surface area contributed by atoms with Crippen LogP contribution in [0.1, 0.15) is 10.4 Å². The fourth-order valence-corrected chi connectivity index (χ4v) is 3.35. The Bertz CT molecular complexity index is 290. The molecule has 0 atom stereocenters. The molecule has 1 heterocycles. The van der Waals surface area contributed by atoms with Gasteiger partial charge in [-0.3, -0.25) is 0 Å². The van der Waals surface area contributed by atoms with Crippen molar-refractivity contribution in [2.75, 3.05) is 18.1 Å². The summed E-state index contributed by atoms with van der Waals surface area (Å²) >= 11 is 7.26. The molecule has 84 valence electrons. The van der Waals surface area contributed by atoms with Crippen LogP contribution >= 0.6 is 39.0 Å². The number of rotatable bonds is 7. The molecule has 0 spiro atoms. The molecule has 1 aromatic heterocycles. The van der Waals surface area contributed by atoms with Gasteiger partial charge < -0.3 is 5.32 Å². The quantitative estimate of drug-likeness (QED) is 0.607. The maximum absolute atomic E-state index is 3.69. The van der Waals surface area contributed by atoms with Crippen molar-refractivity contribution in [2.45, 2.75) is 13.5 Å². The van der Waals surface area contributed by atoms with Crippen LogP contribution in [0.4, 0.5) is 0 Å². The molecule has 0 unspecified atom stereocenters. The van der Waals surface area contributed by atoms with Crippen LogP contribution in [-0.4, -0.2) is 18.1 Å². The summed E-state index contributed by atoms with van der Waals surface area (Å²) in [5, 5.41) is 3.44. The zero-order valence-electron chi connectivity index (χ0n) is 8.88. The molecular formula is C11H16BrNS2. The van der Waals surface area contributed by atoms with Crippen LogP contribution in [0.2, 0.25) is 0 Å². The number of aryl methyl sites for hydroxylation is 1. The van der Waals surface area contributed by atoms with Crippen molar-refractivity contribution in [3.05, 3.63) is 32.9 Å². The van der Waals surface area contributed by atoms with Crippen LogP contribution in [0.5, 0.6) is 0 Å². The molecule has 1 aromatic rings. The molecule has 0 saturated heterocycles. The lowest BCUT2D eigenvalue weighted by atomic mass is 10.3. The van der Waals surface area contributed by atoms with Gasteiger partial charge in [0.2, 0.25) is 0 Å². The highest BCUT2D eigenvalue weighted by atomic mass is 79.9. The Balaban J connectivity index is 2.12. The first kappa shape index (κ1) is 13.3. The normalized spacial score (nSPS) is 10.5. The van der Waals surface area contributed by atoms with Gasteiger partial charge in [-0.1, -0.05) is 6.08 Å². The number of thioether (sulfide) groups is 1. The standard InChI is InChI=1S/C11H16BrNS2/c1-3-5-14-6-4-13-8-10-7-9(2)11(12)15-10/h3,7,13H,1,4-6,8H2,2H3. The molecule has 0 saturated carbocycles. The van der Waals surface area contributed by atoms with Gasteiger partial charge >= 0.3 is 0 Å². The summed E-state index contributed by atoms with van der Waals surface area (Å²) in [7, 11) is 0. The van der Waals surface area contributed by atoms with Gasteiger partial charge in [-0.05, 0) is 34.5 Å². The summed E-state index contributed by atoms with van der Waals surface area (Å²) in [6.45, 7) is 7.86. The van der Waals surface area contributed by atoms with E-state index >= 15 is 0 Å². The van der Waals surface area contributed by atoms with Gasteiger partial charge in [0, 0.05) is 29.5 Å². The zero-order chi connectivity index (χ0) is 11.1. The van der Waals surface area contributed by atoms with E-state index in [9.17, 15) is 0 Å². The van der Waals surface area contributed by atoms with Crippen molar-refractivity contribution in [3.8, 4) is 0 Å². The molecule has 1 rings (SSSR count). The highest BCUT2D eigenvalue weighted by Gasteiger charge is 2.01.